The van der Waals surface area contributed by atoms with Crippen molar-refractivity contribution in [3.8, 4) is 0 Å². The predicted molar refractivity (Wildman–Crippen MR) is 58.0 cm³/mol. The first-order chi connectivity index (χ1) is 7.53. The van der Waals surface area contributed by atoms with E-state index < -0.39 is 5.41 Å². The van der Waals surface area contributed by atoms with E-state index in [0.717, 1.165) is 0 Å². The lowest BCUT2D eigenvalue weighted by Crippen LogP contribution is -2.45. The average molecular weight is 229 g/mol. The summed E-state index contributed by atoms with van der Waals surface area (Å²) in [5, 5.41) is 0. The Morgan fingerprint density at radius 1 is 1.31 bits per heavy atom. The molecule has 0 spiro atoms. The SMILES string of the molecule is CCOC(=O)C1(C)CCN(C(=O)OC)CC1. The molecule has 1 rings (SSSR count). The normalized spacial score (nSPS) is 19.1. The zero-order chi connectivity index (χ0) is 12.2. The molecule has 0 aromatic rings. The molecule has 0 N–H and O–H groups in total. The maximum absolute atomic E-state index is 11.7. The Kier molecular flexibility index (Phi) is 4.15. The zero-order valence-corrected chi connectivity index (χ0v) is 10.1. The van der Waals surface area contributed by atoms with Crippen LogP contribution in [0.15, 0.2) is 0 Å². The Morgan fingerprint density at radius 3 is 2.31 bits per heavy atom. The summed E-state index contributed by atoms with van der Waals surface area (Å²) in [7, 11) is 1.36. The van der Waals surface area contributed by atoms with E-state index in [1.54, 1.807) is 11.8 Å². The molecule has 0 unspecified atom stereocenters. The van der Waals surface area contributed by atoms with E-state index >= 15 is 0 Å². The molecular weight excluding hydrogens is 210 g/mol. The molecule has 0 aliphatic carbocycles. The topological polar surface area (TPSA) is 55.8 Å². The number of rotatable bonds is 2. The molecule has 0 atom stereocenters. The summed E-state index contributed by atoms with van der Waals surface area (Å²) in [6.07, 6.45) is 0.924. The van der Waals surface area contributed by atoms with Crippen LogP contribution in [-0.4, -0.2) is 43.8 Å². The lowest BCUT2D eigenvalue weighted by atomic mass is 9.80. The van der Waals surface area contributed by atoms with Gasteiger partial charge in [0.2, 0.25) is 0 Å². The Hall–Kier alpha value is -1.26. The van der Waals surface area contributed by atoms with Gasteiger partial charge in [0, 0.05) is 13.1 Å². The van der Waals surface area contributed by atoms with Gasteiger partial charge < -0.3 is 14.4 Å². The maximum Gasteiger partial charge on any atom is 0.409 e. The summed E-state index contributed by atoms with van der Waals surface area (Å²) < 4.78 is 9.67. The number of carbonyl (C=O) groups excluding carboxylic acids is 2. The summed E-state index contributed by atoms with van der Waals surface area (Å²) in [4.78, 5) is 24.6. The van der Waals surface area contributed by atoms with E-state index in [2.05, 4.69) is 4.74 Å². The zero-order valence-electron chi connectivity index (χ0n) is 10.1. The molecule has 0 aromatic heterocycles. The lowest BCUT2D eigenvalue weighted by Gasteiger charge is -2.36. The summed E-state index contributed by atoms with van der Waals surface area (Å²) in [6.45, 7) is 5.17. The van der Waals surface area contributed by atoms with Crippen molar-refractivity contribution in [3.05, 3.63) is 0 Å². The summed E-state index contributed by atoms with van der Waals surface area (Å²) >= 11 is 0. The van der Waals surface area contributed by atoms with Gasteiger partial charge in [-0.25, -0.2) is 4.79 Å². The fourth-order valence-electron chi connectivity index (χ4n) is 1.82. The van der Waals surface area contributed by atoms with Gasteiger partial charge in [0.25, 0.3) is 0 Å². The van der Waals surface area contributed by atoms with Crippen LogP contribution in [0.5, 0.6) is 0 Å². The van der Waals surface area contributed by atoms with E-state index in [4.69, 9.17) is 4.74 Å². The van der Waals surface area contributed by atoms with E-state index in [9.17, 15) is 9.59 Å². The van der Waals surface area contributed by atoms with Crippen LogP contribution in [-0.2, 0) is 14.3 Å². The Labute approximate surface area is 95.7 Å². The van der Waals surface area contributed by atoms with Gasteiger partial charge in [-0.1, -0.05) is 0 Å². The minimum absolute atomic E-state index is 0.167. The van der Waals surface area contributed by atoms with E-state index in [1.807, 2.05) is 6.92 Å². The molecule has 0 saturated carbocycles. The molecule has 1 fully saturated rings. The monoisotopic (exact) mass is 229 g/mol. The van der Waals surface area contributed by atoms with Gasteiger partial charge in [-0.3, -0.25) is 4.79 Å². The largest absolute Gasteiger partial charge is 0.466 e. The van der Waals surface area contributed by atoms with Gasteiger partial charge in [0.05, 0.1) is 19.1 Å². The molecular formula is C11H19NO4. The number of hydrogen-bond donors (Lipinski definition) is 0. The van der Waals surface area contributed by atoms with Gasteiger partial charge >= 0.3 is 12.1 Å². The molecule has 5 heteroatoms. The molecule has 5 nitrogen and oxygen atoms in total. The molecule has 0 radical (unpaired) electrons. The van der Waals surface area contributed by atoms with Crippen LogP contribution < -0.4 is 0 Å². The fraction of sp³-hybridized carbons (Fsp3) is 0.818. The van der Waals surface area contributed by atoms with Crippen molar-refractivity contribution >= 4 is 12.1 Å². The summed E-state index contributed by atoms with van der Waals surface area (Å²) in [5.41, 5.74) is -0.458. The molecule has 1 heterocycles. The number of methoxy groups -OCH3 is 1. The second kappa shape index (κ2) is 5.18. The predicted octanol–water partition coefficient (Wildman–Crippen LogP) is 1.42. The van der Waals surface area contributed by atoms with Crippen LogP contribution in [0.1, 0.15) is 26.7 Å². The third kappa shape index (κ3) is 2.65. The Morgan fingerprint density at radius 2 is 1.88 bits per heavy atom. The Balaban J connectivity index is 2.52. The van der Waals surface area contributed by atoms with Crippen LogP contribution in [0.2, 0.25) is 0 Å². The molecule has 16 heavy (non-hydrogen) atoms. The van der Waals surface area contributed by atoms with Crippen molar-refractivity contribution in [1.82, 2.24) is 4.90 Å². The third-order valence-electron chi connectivity index (χ3n) is 3.07. The number of carbonyl (C=O) groups is 2. The molecule has 1 aliphatic rings. The minimum Gasteiger partial charge on any atom is -0.466 e. The number of ether oxygens (including phenoxy) is 2. The maximum atomic E-state index is 11.7. The first kappa shape index (κ1) is 12.8. The Bertz CT molecular complexity index is 269. The van der Waals surface area contributed by atoms with Crippen molar-refractivity contribution in [3.63, 3.8) is 0 Å². The smallest absolute Gasteiger partial charge is 0.409 e. The molecule has 1 aliphatic heterocycles. The molecule has 0 aromatic carbocycles. The number of amides is 1. The van der Waals surface area contributed by atoms with Crippen molar-refractivity contribution in [2.45, 2.75) is 26.7 Å². The molecule has 92 valence electrons. The van der Waals surface area contributed by atoms with E-state index in [1.165, 1.54) is 7.11 Å². The quantitative estimate of drug-likeness (QED) is 0.672. The van der Waals surface area contributed by atoms with Crippen molar-refractivity contribution in [2.75, 3.05) is 26.8 Å². The highest BCUT2D eigenvalue weighted by atomic mass is 16.5. The second-order valence-electron chi connectivity index (χ2n) is 4.24. The highest BCUT2D eigenvalue weighted by molar-refractivity contribution is 5.77. The van der Waals surface area contributed by atoms with Gasteiger partial charge in [-0.15, -0.1) is 0 Å². The van der Waals surface area contributed by atoms with Crippen LogP contribution >= 0.6 is 0 Å². The minimum atomic E-state index is -0.458. The van der Waals surface area contributed by atoms with Crippen molar-refractivity contribution in [1.29, 1.82) is 0 Å². The highest BCUT2D eigenvalue weighted by Crippen LogP contribution is 2.32. The van der Waals surface area contributed by atoms with Gasteiger partial charge in [0.15, 0.2) is 0 Å². The van der Waals surface area contributed by atoms with Crippen molar-refractivity contribution < 1.29 is 19.1 Å². The van der Waals surface area contributed by atoms with Gasteiger partial charge in [0.1, 0.15) is 0 Å². The molecule has 1 amide bonds. The number of piperidine rings is 1. The van der Waals surface area contributed by atoms with E-state index in [-0.39, 0.29) is 12.1 Å². The third-order valence-corrected chi connectivity index (χ3v) is 3.07. The average Bonchev–Trinajstić information content (AvgIpc) is 2.29. The van der Waals surface area contributed by atoms with E-state index in [0.29, 0.717) is 32.5 Å². The summed E-state index contributed by atoms with van der Waals surface area (Å²) in [5.74, 6) is -0.167. The highest BCUT2D eigenvalue weighted by Gasteiger charge is 2.39. The second-order valence-corrected chi connectivity index (χ2v) is 4.24. The van der Waals surface area contributed by atoms with Crippen LogP contribution in [0, 0.1) is 5.41 Å². The van der Waals surface area contributed by atoms with Gasteiger partial charge in [-0.2, -0.15) is 0 Å². The van der Waals surface area contributed by atoms with Crippen LogP contribution in [0.4, 0.5) is 4.79 Å². The number of hydrogen-bond acceptors (Lipinski definition) is 4. The molecule has 1 saturated heterocycles. The lowest BCUT2D eigenvalue weighted by molar-refractivity contribution is -0.157. The van der Waals surface area contributed by atoms with Crippen LogP contribution in [0.3, 0.4) is 0 Å². The van der Waals surface area contributed by atoms with Crippen molar-refractivity contribution in [2.24, 2.45) is 5.41 Å². The number of nitrogens with zero attached hydrogens (tertiary/aromatic N) is 1. The standard InChI is InChI=1S/C11H19NO4/c1-4-16-9(13)11(2)5-7-12(8-6-11)10(14)15-3/h4-8H2,1-3H3. The number of likely N-dealkylation sites (tertiary alicyclic amines) is 1. The van der Waals surface area contributed by atoms with Gasteiger partial charge in [-0.05, 0) is 26.7 Å². The van der Waals surface area contributed by atoms with Crippen LogP contribution in [0.25, 0.3) is 0 Å². The molecule has 0 bridgehead atoms. The first-order valence-electron chi connectivity index (χ1n) is 5.53. The first-order valence-corrected chi connectivity index (χ1v) is 5.53. The summed E-state index contributed by atoms with van der Waals surface area (Å²) in [6, 6.07) is 0. The number of esters is 1. The fourth-order valence-corrected chi connectivity index (χ4v) is 1.82.